The minimum Gasteiger partial charge on any atom is -0.310 e. The third-order valence-corrected chi connectivity index (χ3v) is 7.78. The molecule has 0 saturated heterocycles. The van der Waals surface area contributed by atoms with Crippen LogP contribution in [0, 0.1) is 0 Å². The van der Waals surface area contributed by atoms with Crippen LogP contribution in [0.15, 0.2) is 88.9 Å². The molecule has 0 amide bonds. The molecule has 0 aliphatic heterocycles. The first kappa shape index (κ1) is 16.3. The average molecular weight is 414 g/mol. The van der Waals surface area contributed by atoms with Crippen LogP contribution in [0.4, 0.5) is 17.1 Å². The molecule has 0 N–H and O–H groups in total. The van der Waals surface area contributed by atoms with Gasteiger partial charge in [0.15, 0.2) is 0 Å². The number of hydrogen-bond acceptors (Lipinski definition) is 4. The molecule has 0 radical (unpaired) electrons. The van der Waals surface area contributed by atoms with Crippen molar-refractivity contribution >= 4 is 81.3 Å². The fraction of sp³-hybridized carbons (Fsp3) is 0. The first-order chi connectivity index (χ1) is 13.8. The van der Waals surface area contributed by atoms with E-state index >= 15 is 0 Å². The summed E-state index contributed by atoms with van der Waals surface area (Å²) in [5.74, 6) is 0. The molecular weight excluding hydrogens is 398 g/mol. The van der Waals surface area contributed by atoms with Gasteiger partial charge in [-0.05, 0) is 105 Å². The van der Waals surface area contributed by atoms with Crippen LogP contribution < -0.4 is 4.90 Å². The fourth-order valence-corrected chi connectivity index (χ4v) is 6.04. The Labute approximate surface area is 174 Å². The van der Waals surface area contributed by atoms with Crippen molar-refractivity contribution in [2.24, 2.45) is 0 Å². The van der Waals surface area contributed by atoms with Gasteiger partial charge in [-0.2, -0.15) is 0 Å². The molecule has 3 heterocycles. The van der Waals surface area contributed by atoms with Crippen LogP contribution in [0.5, 0.6) is 0 Å². The van der Waals surface area contributed by atoms with Gasteiger partial charge < -0.3 is 4.90 Å². The van der Waals surface area contributed by atoms with Crippen LogP contribution in [0.2, 0.25) is 0 Å². The molecular formula is C24H15NS3. The normalized spacial score (nSPS) is 11.6. The maximum atomic E-state index is 2.37. The molecule has 6 rings (SSSR count). The van der Waals surface area contributed by atoms with Gasteiger partial charge in [-0.3, -0.25) is 0 Å². The standard InChI is InChI=1S/C24H15NS3/c1-4-22-16(7-10-26-22)13-19(1)25(20-2-5-23-17(14-20)8-11-27-23)21-3-6-24-18(15-21)9-12-28-24/h1-15H. The van der Waals surface area contributed by atoms with Crippen molar-refractivity contribution in [3.8, 4) is 0 Å². The molecule has 4 heteroatoms. The Morgan fingerprint density at radius 3 is 1.14 bits per heavy atom. The van der Waals surface area contributed by atoms with E-state index in [1.165, 1.54) is 47.3 Å². The molecule has 1 nitrogen and oxygen atoms in total. The van der Waals surface area contributed by atoms with E-state index in [0.717, 1.165) is 0 Å². The van der Waals surface area contributed by atoms with E-state index in [1.54, 1.807) is 34.0 Å². The number of anilines is 3. The van der Waals surface area contributed by atoms with Gasteiger partial charge in [-0.15, -0.1) is 34.0 Å². The lowest BCUT2D eigenvalue weighted by molar-refractivity contribution is 1.30. The Bertz CT molecular complexity index is 1260. The van der Waals surface area contributed by atoms with Crippen molar-refractivity contribution in [3.05, 3.63) is 88.9 Å². The van der Waals surface area contributed by atoms with Crippen LogP contribution in [0.25, 0.3) is 30.3 Å². The summed E-state index contributed by atoms with van der Waals surface area (Å²) in [7, 11) is 0. The van der Waals surface area contributed by atoms with E-state index in [4.69, 9.17) is 0 Å². The Kier molecular flexibility index (Phi) is 3.76. The Morgan fingerprint density at radius 1 is 0.429 bits per heavy atom. The van der Waals surface area contributed by atoms with Crippen LogP contribution in [0.1, 0.15) is 0 Å². The molecule has 28 heavy (non-hydrogen) atoms. The van der Waals surface area contributed by atoms with Gasteiger partial charge in [0.1, 0.15) is 0 Å². The molecule has 6 aromatic rings. The smallest absolute Gasteiger partial charge is 0.0468 e. The highest BCUT2D eigenvalue weighted by Gasteiger charge is 2.15. The highest BCUT2D eigenvalue weighted by Crippen LogP contribution is 2.40. The van der Waals surface area contributed by atoms with E-state index in [0.29, 0.717) is 0 Å². The highest BCUT2D eigenvalue weighted by molar-refractivity contribution is 7.17. The molecule has 0 fully saturated rings. The Hall–Kier alpha value is -2.66. The van der Waals surface area contributed by atoms with Gasteiger partial charge in [-0.25, -0.2) is 0 Å². The summed E-state index contributed by atoms with van der Waals surface area (Å²) >= 11 is 5.37. The number of fused-ring (bicyclic) bond motifs is 3. The molecule has 0 aliphatic rings. The van der Waals surface area contributed by atoms with Gasteiger partial charge >= 0.3 is 0 Å². The molecule has 0 aliphatic carbocycles. The molecule has 3 aromatic heterocycles. The molecule has 0 bridgehead atoms. The third kappa shape index (κ3) is 2.65. The fourth-order valence-electron chi connectivity index (χ4n) is 3.73. The van der Waals surface area contributed by atoms with E-state index in [-0.39, 0.29) is 0 Å². The van der Waals surface area contributed by atoms with Crippen molar-refractivity contribution in [2.45, 2.75) is 0 Å². The topological polar surface area (TPSA) is 3.24 Å². The predicted octanol–water partition coefficient (Wildman–Crippen LogP) is 8.80. The number of benzene rings is 3. The summed E-state index contributed by atoms with van der Waals surface area (Å²) < 4.78 is 3.97. The van der Waals surface area contributed by atoms with E-state index < -0.39 is 0 Å². The second kappa shape index (κ2) is 6.45. The first-order valence-corrected chi connectivity index (χ1v) is 11.7. The minimum atomic E-state index is 1.19. The highest BCUT2D eigenvalue weighted by atomic mass is 32.1. The van der Waals surface area contributed by atoms with Crippen molar-refractivity contribution in [3.63, 3.8) is 0 Å². The van der Waals surface area contributed by atoms with Crippen LogP contribution in [0.3, 0.4) is 0 Å². The van der Waals surface area contributed by atoms with E-state index in [2.05, 4.69) is 93.8 Å². The van der Waals surface area contributed by atoms with E-state index in [1.807, 2.05) is 0 Å². The number of thiophene rings is 3. The molecule has 0 spiro atoms. The SMILES string of the molecule is c1cc2cc(N(c3ccc4sccc4c3)c3ccc4sccc4c3)ccc2s1. The number of nitrogens with zero attached hydrogens (tertiary/aromatic N) is 1. The summed E-state index contributed by atoms with van der Waals surface area (Å²) in [6.07, 6.45) is 0. The monoisotopic (exact) mass is 413 g/mol. The first-order valence-electron chi connectivity index (χ1n) is 9.07. The van der Waals surface area contributed by atoms with Gasteiger partial charge in [0.05, 0.1) is 0 Å². The zero-order valence-corrected chi connectivity index (χ0v) is 17.3. The van der Waals surface area contributed by atoms with Gasteiger partial charge in [0.25, 0.3) is 0 Å². The van der Waals surface area contributed by atoms with Gasteiger partial charge in [-0.1, -0.05) is 0 Å². The van der Waals surface area contributed by atoms with Gasteiger partial charge in [0.2, 0.25) is 0 Å². The summed E-state index contributed by atoms with van der Waals surface area (Å²) in [5, 5.41) is 10.4. The zero-order valence-electron chi connectivity index (χ0n) is 14.8. The summed E-state index contributed by atoms with van der Waals surface area (Å²) in [6, 6.07) is 26.9. The zero-order chi connectivity index (χ0) is 18.5. The lowest BCUT2D eigenvalue weighted by Crippen LogP contribution is -2.09. The third-order valence-electron chi connectivity index (χ3n) is 5.08. The number of rotatable bonds is 3. The van der Waals surface area contributed by atoms with Crippen molar-refractivity contribution in [1.29, 1.82) is 0 Å². The van der Waals surface area contributed by atoms with Crippen molar-refractivity contribution in [2.75, 3.05) is 4.90 Å². The lowest BCUT2D eigenvalue weighted by atomic mass is 10.1. The van der Waals surface area contributed by atoms with Crippen LogP contribution in [-0.4, -0.2) is 0 Å². The van der Waals surface area contributed by atoms with Crippen LogP contribution >= 0.6 is 34.0 Å². The molecule has 0 atom stereocenters. The quantitative estimate of drug-likeness (QED) is 0.280. The lowest BCUT2D eigenvalue weighted by Gasteiger charge is -2.26. The predicted molar refractivity (Wildman–Crippen MR) is 127 cm³/mol. The van der Waals surface area contributed by atoms with Crippen molar-refractivity contribution < 1.29 is 0 Å². The molecule has 0 saturated carbocycles. The van der Waals surface area contributed by atoms with Crippen LogP contribution in [-0.2, 0) is 0 Å². The Balaban J connectivity index is 1.59. The summed E-state index contributed by atoms with van der Waals surface area (Å²) in [6.45, 7) is 0. The number of hydrogen-bond donors (Lipinski definition) is 0. The second-order valence-corrected chi connectivity index (χ2v) is 9.61. The van der Waals surface area contributed by atoms with Gasteiger partial charge in [0, 0.05) is 31.2 Å². The largest absolute Gasteiger partial charge is 0.310 e. The molecule has 134 valence electrons. The summed E-state index contributed by atoms with van der Waals surface area (Å²) in [5.41, 5.74) is 3.57. The Morgan fingerprint density at radius 2 is 0.786 bits per heavy atom. The minimum absolute atomic E-state index is 1.19. The average Bonchev–Trinajstić information content (AvgIpc) is 3.47. The molecule has 0 unspecified atom stereocenters. The maximum absolute atomic E-state index is 2.37. The second-order valence-electron chi connectivity index (χ2n) is 6.76. The van der Waals surface area contributed by atoms with Crippen molar-refractivity contribution in [1.82, 2.24) is 0 Å². The molecule has 3 aromatic carbocycles. The van der Waals surface area contributed by atoms with E-state index in [9.17, 15) is 0 Å². The maximum Gasteiger partial charge on any atom is 0.0468 e. The summed E-state index contributed by atoms with van der Waals surface area (Å²) in [4.78, 5) is 2.37.